The van der Waals surface area contributed by atoms with Gasteiger partial charge in [-0.3, -0.25) is 19.4 Å². The first-order chi connectivity index (χ1) is 13.9. The molecule has 0 aromatic heterocycles. The smallest absolute Gasteiger partial charge is 0.236 e. The Morgan fingerprint density at radius 3 is 2.10 bits per heavy atom. The third-order valence-corrected chi connectivity index (χ3v) is 5.82. The van der Waals surface area contributed by atoms with Crippen molar-refractivity contribution in [1.29, 1.82) is 0 Å². The van der Waals surface area contributed by atoms with Crippen molar-refractivity contribution < 1.29 is 14.0 Å². The van der Waals surface area contributed by atoms with Crippen LogP contribution in [0, 0.1) is 17.7 Å². The molecule has 0 bridgehead atoms. The molecule has 2 saturated heterocycles. The van der Waals surface area contributed by atoms with Gasteiger partial charge in [-0.2, -0.15) is 0 Å². The molecule has 7 heteroatoms. The van der Waals surface area contributed by atoms with Gasteiger partial charge in [0.1, 0.15) is 5.82 Å². The maximum Gasteiger partial charge on any atom is 0.236 e. The number of piperazine rings is 1. The molecule has 2 aliphatic heterocycles. The van der Waals surface area contributed by atoms with Crippen LogP contribution in [0.5, 0.6) is 0 Å². The van der Waals surface area contributed by atoms with E-state index in [1.807, 2.05) is 4.90 Å². The second-order valence-electron chi connectivity index (χ2n) is 8.70. The summed E-state index contributed by atoms with van der Waals surface area (Å²) in [7, 11) is 0. The maximum absolute atomic E-state index is 12.9. The van der Waals surface area contributed by atoms with Crippen molar-refractivity contribution >= 4 is 11.8 Å². The molecule has 1 N–H and O–H groups in total. The molecule has 0 aliphatic carbocycles. The number of hydrogen-bond donors (Lipinski definition) is 1. The Hall–Kier alpha value is -1.99. The number of likely N-dealkylation sites (tertiary alicyclic amines) is 1. The number of rotatable bonds is 6. The number of carbonyl (C=O) groups excluding carboxylic acids is 2. The highest BCUT2D eigenvalue weighted by Crippen LogP contribution is 2.21. The monoisotopic (exact) mass is 404 g/mol. The van der Waals surface area contributed by atoms with Crippen LogP contribution in [0.25, 0.3) is 0 Å². The fourth-order valence-electron chi connectivity index (χ4n) is 4.33. The van der Waals surface area contributed by atoms with Crippen LogP contribution in [0.2, 0.25) is 0 Å². The minimum Gasteiger partial charge on any atom is -0.351 e. The Morgan fingerprint density at radius 1 is 0.966 bits per heavy atom. The summed E-state index contributed by atoms with van der Waals surface area (Å²) in [5.74, 6) is 1.07. The maximum atomic E-state index is 12.9. The number of benzene rings is 1. The Morgan fingerprint density at radius 2 is 1.52 bits per heavy atom. The highest BCUT2D eigenvalue weighted by Gasteiger charge is 2.27. The first-order valence-electron chi connectivity index (χ1n) is 10.6. The topological polar surface area (TPSA) is 55.9 Å². The second kappa shape index (κ2) is 10.2. The third kappa shape index (κ3) is 6.78. The van der Waals surface area contributed by atoms with Crippen LogP contribution in [0.3, 0.4) is 0 Å². The number of piperidine rings is 1. The van der Waals surface area contributed by atoms with Gasteiger partial charge in [0.2, 0.25) is 11.8 Å². The van der Waals surface area contributed by atoms with E-state index in [2.05, 4.69) is 29.0 Å². The third-order valence-electron chi connectivity index (χ3n) is 5.82. The molecule has 0 saturated carbocycles. The molecule has 6 nitrogen and oxygen atoms in total. The Bertz CT molecular complexity index is 679. The van der Waals surface area contributed by atoms with E-state index in [-0.39, 0.29) is 17.6 Å². The standard InChI is InChI=1S/C22H33FN4O2/c1-17-11-18(2)14-27(13-17)22(29)16-26-9-7-25(8-10-26)15-21(28)24-12-19-3-5-20(23)6-4-19/h3-6,17-18H,7-16H2,1-2H3,(H,24,28)/t17-,18-/m1/s1. The van der Waals surface area contributed by atoms with E-state index in [4.69, 9.17) is 0 Å². The van der Waals surface area contributed by atoms with Gasteiger partial charge in [-0.05, 0) is 36.0 Å². The summed E-state index contributed by atoms with van der Waals surface area (Å²) in [6, 6.07) is 6.14. The minimum absolute atomic E-state index is 0.0323. The fraction of sp³-hybridized carbons (Fsp3) is 0.636. The first-order valence-corrected chi connectivity index (χ1v) is 10.6. The van der Waals surface area contributed by atoms with Gasteiger partial charge in [0.05, 0.1) is 13.1 Å². The van der Waals surface area contributed by atoms with Crippen LogP contribution < -0.4 is 5.32 Å². The van der Waals surface area contributed by atoms with Gasteiger partial charge in [0.15, 0.2) is 0 Å². The van der Waals surface area contributed by atoms with Crippen LogP contribution in [-0.2, 0) is 16.1 Å². The number of carbonyl (C=O) groups is 2. The van der Waals surface area contributed by atoms with Gasteiger partial charge in [0, 0.05) is 45.8 Å². The summed E-state index contributed by atoms with van der Waals surface area (Å²) >= 11 is 0. The van der Waals surface area contributed by atoms with Crippen molar-refractivity contribution in [2.45, 2.75) is 26.8 Å². The normalized spacial score (nSPS) is 23.8. The molecular weight excluding hydrogens is 371 g/mol. The fourth-order valence-corrected chi connectivity index (χ4v) is 4.33. The molecule has 0 radical (unpaired) electrons. The highest BCUT2D eigenvalue weighted by molar-refractivity contribution is 5.78. The summed E-state index contributed by atoms with van der Waals surface area (Å²) in [6.45, 7) is 10.6. The van der Waals surface area contributed by atoms with Crippen molar-refractivity contribution in [3.05, 3.63) is 35.6 Å². The summed E-state index contributed by atoms with van der Waals surface area (Å²) < 4.78 is 12.9. The van der Waals surface area contributed by atoms with Crippen molar-refractivity contribution in [2.24, 2.45) is 11.8 Å². The van der Waals surface area contributed by atoms with Crippen LogP contribution in [0.15, 0.2) is 24.3 Å². The van der Waals surface area contributed by atoms with Gasteiger partial charge >= 0.3 is 0 Å². The molecule has 0 unspecified atom stereocenters. The molecule has 1 aromatic rings. The minimum atomic E-state index is -0.277. The van der Waals surface area contributed by atoms with Crippen LogP contribution in [0.4, 0.5) is 4.39 Å². The van der Waals surface area contributed by atoms with Gasteiger partial charge in [-0.25, -0.2) is 4.39 Å². The summed E-state index contributed by atoms with van der Waals surface area (Å²) in [6.07, 6.45) is 1.20. The lowest BCUT2D eigenvalue weighted by molar-refractivity contribution is -0.135. The van der Waals surface area contributed by atoms with Crippen molar-refractivity contribution in [3.63, 3.8) is 0 Å². The predicted octanol–water partition coefficient (Wildman–Crippen LogP) is 1.56. The summed E-state index contributed by atoms with van der Waals surface area (Å²) in [4.78, 5) is 31.2. The lowest BCUT2D eigenvalue weighted by Gasteiger charge is -2.38. The van der Waals surface area contributed by atoms with Crippen LogP contribution in [-0.4, -0.2) is 78.9 Å². The molecular formula is C22H33FN4O2. The Labute approximate surface area is 173 Å². The SMILES string of the molecule is C[C@@H]1C[C@@H](C)CN(C(=O)CN2CCN(CC(=O)NCc3ccc(F)cc3)CC2)C1. The van der Waals surface area contributed by atoms with E-state index in [1.165, 1.54) is 18.6 Å². The summed E-state index contributed by atoms with van der Waals surface area (Å²) in [5, 5.41) is 2.88. The van der Waals surface area contributed by atoms with Crippen molar-refractivity contribution in [1.82, 2.24) is 20.0 Å². The molecule has 29 heavy (non-hydrogen) atoms. The van der Waals surface area contributed by atoms with E-state index >= 15 is 0 Å². The van der Waals surface area contributed by atoms with Gasteiger partial charge < -0.3 is 10.2 Å². The number of hydrogen-bond acceptors (Lipinski definition) is 4. The van der Waals surface area contributed by atoms with Crippen molar-refractivity contribution in [2.75, 3.05) is 52.4 Å². The van der Waals surface area contributed by atoms with Crippen molar-refractivity contribution in [3.8, 4) is 0 Å². The van der Waals surface area contributed by atoms with E-state index in [9.17, 15) is 14.0 Å². The van der Waals surface area contributed by atoms with Crippen LogP contribution >= 0.6 is 0 Å². The number of nitrogens with zero attached hydrogens (tertiary/aromatic N) is 3. The zero-order chi connectivity index (χ0) is 20.8. The highest BCUT2D eigenvalue weighted by atomic mass is 19.1. The number of nitrogens with one attached hydrogen (secondary N) is 1. The molecule has 2 aliphatic rings. The lowest BCUT2D eigenvalue weighted by atomic mass is 9.92. The average molecular weight is 405 g/mol. The van der Waals surface area contributed by atoms with Crippen LogP contribution in [0.1, 0.15) is 25.8 Å². The largest absolute Gasteiger partial charge is 0.351 e. The van der Waals surface area contributed by atoms with E-state index < -0.39 is 0 Å². The number of halogens is 1. The Kier molecular flexibility index (Phi) is 7.61. The quantitative estimate of drug-likeness (QED) is 0.782. The van der Waals surface area contributed by atoms with Gasteiger partial charge in [-0.15, -0.1) is 0 Å². The van der Waals surface area contributed by atoms with Gasteiger partial charge in [0.25, 0.3) is 0 Å². The molecule has 2 fully saturated rings. The molecule has 160 valence electrons. The summed E-state index contributed by atoms with van der Waals surface area (Å²) in [5.41, 5.74) is 0.879. The van der Waals surface area contributed by atoms with Gasteiger partial charge in [-0.1, -0.05) is 26.0 Å². The Balaban J connectivity index is 1.35. The van der Waals surface area contributed by atoms with E-state index in [1.54, 1.807) is 12.1 Å². The molecule has 3 rings (SSSR count). The zero-order valence-electron chi connectivity index (χ0n) is 17.6. The molecule has 0 spiro atoms. The van der Waals surface area contributed by atoms with E-state index in [0.29, 0.717) is 31.5 Å². The molecule has 1 aromatic carbocycles. The number of amides is 2. The molecule has 2 atom stereocenters. The lowest BCUT2D eigenvalue weighted by Crippen LogP contribution is -2.53. The average Bonchev–Trinajstić information content (AvgIpc) is 2.68. The zero-order valence-corrected chi connectivity index (χ0v) is 17.6. The molecule has 2 heterocycles. The second-order valence-corrected chi connectivity index (χ2v) is 8.70. The van der Waals surface area contributed by atoms with E-state index in [0.717, 1.165) is 44.8 Å². The first kappa shape index (κ1) is 21.7. The predicted molar refractivity (Wildman–Crippen MR) is 111 cm³/mol. The molecule has 2 amide bonds.